The van der Waals surface area contributed by atoms with E-state index in [1.807, 2.05) is 30.3 Å². The summed E-state index contributed by atoms with van der Waals surface area (Å²) < 4.78 is 37.1. The molecule has 0 amide bonds. The number of fused-ring (bicyclic) bond motifs is 2. The van der Waals surface area contributed by atoms with E-state index in [-0.39, 0.29) is 22.0 Å². The van der Waals surface area contributed by atoms with Gasteiger partial charge >= 0.3 is 0 Å². The molecule has 2 heterocycles. The van der Waals surface area contributed by atoms with E-state index in [0.717, 1.165) is 5.56 Å². The van der Waals surface area contributed by atoms with Crippen LogP contribution >= 0.6 is 0 Å². The Kier molecular flexibility index (Phi) is 6.47. The molecule has 4 aromatic rings. The van der Waals surface area contributed by atoms with Crippen molar-refractivity contribution in [2.24, 2.45) is 10.3 Å². The number of nitrogens with one attached hydrogen (secondary N) is 1. The van der Waals surface area contributed by atoms with Gasteiger partial charge < -0.3 is 19.7 Å². The van der Waals surface area contributed by atoms with E-state index < -0.39 is 15.6 Å². The van der Waals surface area contributed by atoms with Crippen LogP contribution in [0.4, 0.5) is 5.69 Å². The van der Waals surface area contributed by atoms with Crippen molar-refractivity contribution in [3.05, 3.63) is 94.3 Å². The van der Waals surface area contributed by atoms with Crippen LogP contribution in [0.15, 0.2) is 86.9 Å². The second-order valence-electron chi connectivity index (χ2n) is 9.35. The van der Waals surface area contributed by atoms with Crippen molar-refractivity contribution in [2.45, 2.75) is 38.3 Å². The fraction of sp³-hybridized carbons (Fsp3) is 0.214. The Labute approximate surface area is 214 Å². The minimum atomic E-state index is -4.07. The highest BCUT2D eigenvalue weighted by molar-refractivity contribution is 7.90. The van der Waals surface area contributed by atoms with Gasteiger partial charge in [-0.15, -0.1) is 4.40 Å². The second kappa shape index (κ2) is 9.74. The molecule has 3 aromatic carbocycles. The molecule has 0 bridgehead atoms. The number of aryl methyl sites for hydroxylation is 1. The van der Waals surface area contributed by atoms with Crippen LogP contribution in [0.25, 0.3) is 10.9 Å². The smallest absolute Gasteiger partial charge is 0.286 e. The van der Waals surface area contributed by atoms with Crippen molar-refractivity contribution < 1.29 is 18.3 Å². The SMILES string of the molecule is CC(C)CCn1c(=O)c(C2=NS(=O)(=O)c3ccccc3N2)c(O)c2cc(OCc3ccccc3)ccc21. The van der Waals surface area contributed by atoms with Crippen LogP contribution in [0.3, 0.4) is 0 Å². The molecule has 8 nitrogen and oxygen atoms in total. The van der Waals surface area contributed by atoms with Crippen LogP contribution in [0.2, 0.25) is 0 Å². The van der Waals surface area contributed by atoms with E-state index >= 15 is 0 Å². The summed E-state index contributed by atoms with van der Waals surface area (Å²) in [6.45, 7) is 4.83. The van der Waals surface area contributed by atoms with Crippen molar-refractivity contribution in [2.75, 3.05) is 5.32 Å². The van der Waals surface area contributed by atoms with E-state index in [1.54, 1.807) is 41.0 Å². The van der Waals surface area contributed by atoms with E-state index in [0.29, 0.717) is 47.8 Å². The lowest BCUT2D eigenvalue weighted by atomic mass is 10.1. The number of anilines is 1. The molecule has 9 heteroatoms. The summed E-state index contributed by atoms with van der Waals surface area (Å²) >= 11 is 0. The Balaban J connectivity index is 1.65. The van der Waals surface area contributed by atoms with Crippen molar-refractivity contribution in [1.82, 2.24) is 4.57 Å². The average molecular weight is 518 g/mol. The van der Waals surface area contributed by atoms with Gasteiger partial charge in [-0.1, -0.05) is 56.3 Å². The standard InChI is InChI=1S/C28H27N3O5S/c1-18(2)14-15-31-23-13-12-20(36-17-19-8-4-3-5-9-19)16-21(23)26(32)25(28(31)33)27-29-22-10-6-7-11-24(22)37(34,35)30-27/h3-13,16,18,32H,14-15,17H2,1-2H3,(H,29,30). The number of para-hydroxylation sites is 1. The molecule has 5 rings (SSSR count). The number of benzene rings is 3. The number of hydrogen-bond acceptors (Lipinski definition) is 6. The third kappa shape index (κ3) is 4.82. The zero-order valence-corrected chi connectivity index (χ0v) is 21.3. The van der Waals surface area contributed by atoms with Crippen LogP contribution in [-0.2, 0) is 23.2 Å². The molecular weight excluding hydrogens is 490 g/mol. The van der Waals surface area contributed by atoms with Crippen LogP contribution in [-0.4, -0.2) is 23.9 Å². The molecule has 1 aliphatic rings. The summed E-state index contributed by atoms with van der Waals surface area (Å²) in [5.41, 5.74) is 1.08. The first-order valence-corrected chi connectivity index (χ1v) is 13.5. The Hall–Kier alpha value is -4.11. The van der Waals surface area contributed by atoms with Gasteiger partial charge in [0.05, 0.1) is 11.2 Å². The molecule has 0 fully saturated rings. The minimum Gasteiger partial charge on any atom is -0.506 e. The zero-order chi connectivity index (χ0) is 26.2. The molecule has 0 saturated carbocycles. The first-order valence-electron chi connectivity index (χ1n) is 12.0. The fourth-order valence-corrected chi connectivity index (χ4v) is 5.42. The Bertz CT molecular complexity index is 1680. The highest BCUT2D eigenvalue weighted by Crippen LogP contribution is 2.34. The number of ether oxygens (including phenoxy) is 1. The summed E-state index contributed by atoms with van der Waals surface area (Å²) in [5, 5.41) is 14.6. The van der Waals surface area contributed by atoms with Crippen molar-refractivity contribution in [1.29, 1.82) is 0 Å². The number of rotatable bonds is 7. The summed E-state index contributed by atoms with van der Waals surface area (Å²) in [6, 6.07) is 21.1. The number of amidine groups is 1. The maximum absolute atomic E-state index is 13.7. The lowest BCUT2D eigenvalue weighted by molar-refractivity contribution is 0.306. The highest BCUT2D eigenvalue weighted by Gasteiger charge is 2.29. The van der Waals surface area contributed by atoms with E-state index in [4.69, 9.17) is 4.74 Å². The van der Waals surface area contributed by atoms with Crippen LogP contribution in [0.5, 0.6) is 11.5 Å². The Morgan fingerprint density at radius 1 is 1.03 bits per heavy atom. The predicted octanol–water partition coefficient (Wildman–Crippen LogP) is 4.89. The van der Waals surface area contributed by atoms with Gasteiger partial charge in [-0.25, -0.2) is 0 Å². The lowest BCUT2D eigenvalue weighted by Crippen LogP contribution is -2.33. The van der Waals surface area contributed by atoms with Gasteiger partial charge in [0.1, 0.15) is 28.6 Å². The van der Waals surface area contributed by atoms with E-state index in [9.17, 15) is 18.3 Å². The van der Waals surface area contributed by atoms with Gasteiger partial charge in [0.25, 0.3) is 15.6 Å². The van der Waals surface area contributed by atoms with Crippen LogP contribution < -0.4 is 15.6 Å². The molecule has 1 aliphatic heterocycles. The number of nitrogens with zero attached hydrogens (tertiary/aromatic N) is 2. The number of pyridine rings is 1. The largest absolute Gasteiger partial charge is 0.506 e. The predicted molar refractivity (Wildman–Crippen MR) is 144 cm³/mol. The van der Waals surface area contributed by atoms with Gasteiger partial charge in [-0.05, 0) is 48.2 Å². The molecule has 1 aromatic heterocycles. The molecule has 190 valence electrons. The van der Waals surface area contributed by atoms with E-state index in [1.165, 1.54) is 6.07 Å². The molecule has 0 aliphatic carbocycles. The minimum absolute atomic E-state index is 0.00996. The number of aromatic hydroxyl groups is 1. The maximum atomic E-state index is 13.7. The van der Waals surface area contributed by atoms with Crippen LogP contribution in [0, 0.1) is 5.92 Å². The molecule has 0 unspecified atom stereocenters. The number of aromatic nitrogens is 1. The molecule has 2 N–H and O–H groups in total. The summed E-state index contributed by atoms with van der Waals surface area (Å²) in [6.07, 6.45) is 0.715. The monoisotopic (exact) mass is 517 g/mol. The molecule has 0 atom stereocenters. The van der Waals surface area contributed by atoms with Crippen LogP contribution in [0.1, 0.15) is 31.4 Å². The first kappa shape index (κ1) is 24.6. The number of sulfonamides is 1. The number of hydrogen-bond donors (Lipinski definition) is 2. The van der Waals surface area contributed by atoms with Gasteiger partial charge in [-0.2, -0.15) is 8.42 Å². The van der Waals surface area contributed by atoms with Crippen molar-refractivity contribution in [3.63, 3.8) is 0 Å². The van der Waals surface area contributed by atoms with Gasteiger partial charge in [0.15, 0.2) is 5.84 Å². The summed E-state index contributed by atoms with van der Waals surface area (Å²) in [5.74, 6) is 0.261. The summed E-state index contributed by atoms with van der Waals surface area (Å²) in [4.78, 5) is 13.7. The lowest BCUT2D eigenvalue weighted by Gasteiger charge is -2.21. The fourth-order valence-electron chi connectivity index (χ4n) is 4.30. The molecular formula is C28H27N3O5S. The first-order chi connectivity index (χ1) is 17.7. The second-order valence-corrected chi connectivity index (χ2v) is 10.9. The molecule has 0 spiro atoms. The van der Waals surface area contributed by atoms with Crippen molar-refractivity contribution in [3.8, 4) is 11.5 Å². The average Bonchev–Trinajstić information content (AvgIpc) is 2.87. The third-order valence-corrected chi connectivity index (χ3v) is 7.59. The highest BCUT2D eigenvalue weighted by atomic mass is 32.2. The van der Waals surface area contributed by atoms with Crippen molar-refractivity contribution >= 4 is 32.4 Å². The Morgan fingerprint density at radius 2 is 1.76 bits per heavy atom. The van der Waals surface area contributed by atoms with Gasteiger partial charge in [0, 0.05) is 11.9 Å². The topological polar surface area (TPSA) is 110 Å². The zero-order valence-electron chi connectivity index (χ0n) is 20.5. The maximum Gasteiger partial charge on any atom is 0.286 e. The van der Waals surface area contributed by atoms with Gasteiger partial charge in [0.2, 0.25) is 0 Å². The van der Waals surface area contributed by atoms with Gasteiger partial charge in [-0.3, -0.25) is 4.79 Å². The summed E-state index contributed by atoms with van der Waals surface area (Å²) in [7, 11) is -4.07. The molecule has 37 heavy (non-hydrogen) atoms. The quantitative estimate of drug-likeness (QED) is 0.361. The van der Waals surface area contributed by atoms with E-state index in [2.05, 4.69) is 23.6 Å². The normalized spacial score (nSPS) is 14.2. The molecule has 0 radical (unpaired) electrons. The third-order valence-electron chi connectivity index (χ3n) is 6.25. The molecule has 0 saturated heterocycles. The Morgan fingerprint density at radius 3 is 2.51 bits per heavy atom.